The minimum Gasteiger partial charge on any atom is -0.392 e. The number of aryl methyl sites for hydroxylation is 1. The van der Waals surface area contributed by atoms with Gasteiger partial charge in [0.2, 0.25) is 0 Å². The van der Waals surface area contributed by atoms with Crippen LogP contribution < -0.4 is 5.73 Å². The molecular weight excluding hydrogens is 152 g/mol. The smallest absolute Gasteiger partial charge is 0.0696 e. The number of hydrogen-bond acceptors (Lipinski definition) is 2. The summed E-state index contributed by atoms with van der Waals surface area (Å²) in [6.45, 7) is 1.13. The van der Waals surface area contributed by atoms with E-state index in [-0.39, 0.29) is 6.61 Å². The molecule has 1 atom stereocenters. The molecule has 12 heavy (non-hydrogen) atoms. The summed E-state index contributed by atoms with van der Waals surface area (Å²) < 4.78 is 2.19. The van der Waals surface area contributed by atoms with E-state index in [0.717, 1.165) is 24.9 Å². The average Bonchev–Trinajstić information content (AvgIpc) is 2.46. The molecule has 2 heterocycles. The molecule has 1 aromatic heterocycles. The second-order valence-electron chi connectivity index (χ2n) is 3.44. The van der Waals surface area contributed by atoms with Crippen LogP contribution in [0.3, 0.4) is 0 Å². The molecule has 0 saturated heterocycles. The zero-order valence-electron chi connectivity index (χ0n) is 7.03. The van der Waals surface area contributed by atoms with Gasteiger partial charge in [0.25, 0.3) is 0 Å². The first-order valence-electron chi connectivity index (χ1n) is 4.34. The van der Waals surface area contributed by atoms with Crippen molar-refractivity contribution in [3.8, 4) is 0 Å². The number of aliphatic hydroxyl groups is 1. The lowest BCUT2D eigenvalue weighted by molar-refractivity contribution is 0.281. The van der Waals surface area contributed by atoms with Gasteiger partial charge in [0.05, 0.1) is 6.61 Å². The highest BCUT2D eigenvalue weighted by Gasteiger charge is 2.15. The van der Waals surface area contributed by atoms with Crippen LogP contribution in [0.5, 0.6) is 0 Å². The first-order valence-corrected chi connectivity index (χ1v) is 4.34. The number of aromatic nitrogens is 1. The molecule has 0 fully saturated rings. The van der Waals surface area contributed by atoms with Gasteiger partial charge in [0, 0.05) is 30.9 Å². The predicted molar refractivity (Wildman–Crippen MR) is 46.7 cm³/mol. The third-order valence-electron chi connectivity index (χ3n) is 2.44. The molecule has 1 aliphatic rings. The van der Waals surface area contributed by atoms with E-state index >= 15 is 0 Å². The lowest BCUT2D eigenvalue weighted by Gasteiger charge is -2.20. The van der Waals surface area contributed by atoms with Crippen LogP contribution in [0.4, 0.5) is 0 Å². The number of rotatable bonds is 1. The third-order valence-corrected chi connectivity index (χ3v) is 2.44. The van der Waals surface area contributed by atoms with Crippen molar-refractivity contribution < 1.29 is 5.11 Å². The van der Waals surface area contributed by atoms with E-state index < -0.39 is 0 Å². The van der Waals surface area contributed by atoms with Crippen molar-refractivity contribution in [1.29, 1.82) is 0 Å². The zero-order chi connectivity index (χ0) is 8.55. The fourth-order valence-electron chi connectivity index (χ4n) is 1.76. The molecule has 0 amide bonds. The molecule has 0 unspecified atom stereocenters. The van der Waals surface area contributed by atoms with E-state index in [9.17, 15) is 0 Å². The van der Waals surface area contributed by atoms with Gasteiger partial charge >= 0.3 is 0 Å². The highest BCUT2D eigenvalue weighted by molar-refractivity contribution is 5.20. The molecule has 0 bridgehead atoms. The third kappa shape index (κ3) is 1.26. The molecule has 0 aliphatic carbocycles. The van der Waals surface area contributed by atoms with Crippen LogP contribution in [0.25, 0.3) is 0 Å². The molecule has 2 rings (SSSR count). The molecule has 66 valence electrons. The van der Waals surface area contributed by atoms with Crippen molar-refractivity contribution in [2.24, 2.45) is 5.73 Å². The van der Waals surface area contributed by atoms with Gasteiger partial charge in [-0.1, -0.05) is 0 Å². The fourth-order valence-corrected chi connectivity index (χ4v) is 1.76. The Morgan fingerprint density at radius 1 is 1.67 bits per heavy atom. The van der Waals surface area contributed by atoms with E-state index in [4.69, 9.17) is 10.8 Å². The first-order chi connectivity index (χ1) is 5.79. The standard InChI is InChI=1S/C9H14N2O/c10-8-1-2-11-5-7(6-12)3-9(11)4-8/h3,5,8,12H,1-2,4,6,10H2/t8-/m1/s1. The second-order valence-corrected chi connectivity index (χ2v) is 3.44. The van der Waals surface area contributed by atoms with E-state index in [1.54, 1.807) is 0 Å². The summed E-state index contributed by atoms with van der Waals surface area (Å²) in [7, 11) is 0. The van der Waals surface area contributed by atoms with Crippen LogP contribution in [0, 0.1) is 0 Å². The van der Waals surface area contributed by atoms with Crippen LogP contribution in [-0.2, 0) is 19.6 Å². The average molecular weight is 166 g/mol. The van der Waals surface area contributed by atoms with Crippen molar-refractivity contribution in [2.45, 2.75) is 32.0 Å². The summed E-state index contributed by atoms with van der Waals surface area (Å²) in [5.74, 6) is 0. The molecule has 3 heteroatoms. The molecule has 1 aromatic rings. The second kappa shape index (κ2) is 2.92. The van der Waals surface area contributed by atoms with Gasteiger partial charge in [0.15, 0.2) is 0 Å². The Bertz CT molecular complexity index is 280. The van der Waals surface area contributed by atoms with Gasteiger partial charge in [-0.3, -0.25) is 0 Å². The quantitative estimate of drug-likeness (QED) is 0.628. The maximum atomic E-state index is 8.91. The summed E-state index contributed by atoms with van der Waals surface area (Å²) >= 11 is 0. The summed E-state index contributed by atoms with van der Waals surface area (Å²) in [5.41, 5.74) is 8.09. The number of nitrogens with two attached hydrogens (primary N) is 1. The van der Waals surface area contributed by atoms with Gasteiger partial charge in [-0.15, -0.1) is 0 Å². The van der Waals surface area contributed by atoms with Gasteiger partial charge in [-0.05, 0) is 18.1 Å². The summed E-state index contributed by atoms with van der Waals surface area (Å²) in [5, 5.41) is 8.91. The minimum atomic E-state index is 0.134. The molecule has 0 aromatic carbocycles. The van der Waals surface area contributed by atoms with Gasteiger partial charge in [0.1, 0.15) is 0 Å². The summed E-state index contributed by atoms with van der Waals surface area (Å²) in [4.78, 5) is 0. The van der Waals surface area contributed by atoms with Gasteiger partial charge in [-0.2, -0.15) is 0 Å². The molecular formula is C9H14N2O. The largest absolute Gasteiger partial charge is 0.392 e. The SMILES string of the molecule is N[C@@H]1CCn2cc(CO)cc2C1. The van der Waals surface area contributed by atoms with Gasteiger partial charge < -0.3 is 15.4 Å². The molecule has 3 N–H and O–H groups in total. The Morgan fingerprint density at radius 3 is 3.25 bits per heavy atom. The maximum absolute atomic E-state index is 8.91. The van der Waals surface area contributed by atoms with Crippen molar-refractivity contribution in [3.05, 3.63) is 23.5 Å². The number of fused-ring (bicyclic) bond motifs is 1. The monoisotopic (exact) mass is 166 g/mol. The van der Waals surface area contributed by atoms with E-state index in [2.05, 4.69) is 4.57 Å². The Labute approximate surface area is 71.8 Å². The van der Waals surface area contributed by atoms with E-state index in [0.29, 0.717) is 6.04 Å². The van der Waals surface area contributed by atoms with Crippen LogP contribution in [0.15, 0.2) is 12.3 Å². The van der Waals surface area contributed by atoms with Crippen LogP contribution >= 0.6 is 0 Å². The Hall–Kier alpha value is -0.800. The molecule has 3 nitrogen and oxygen atoms in total. The first kappa shape index (κ1) is 7.83. The molecule has 1 aliphatic heterocycles. The van der Waals surface area contributed by atoms with Crippen molar-refractivity contribution in [1.82, 2.24) is 4.57 Å². The fraction of sp³-hybridized carbons (Fsp3) is 0.556. The number of hydrogen-bond donors (Lipinski definition) is 2. The topological polar surface area (TPSA) is 51.2 Å². The van der Waals surface area contributed by atoms with Crippen molar-refractivity contribution >= 4 is 0 Å². The predicted octanol–water partition coefficient (Wildman–Crippen LogP) is 0.254. The lowest BCUT2D eigenvalue weighted by Crippen LogP contribution is -2.30. The minimum absolute atomic E-state index is 0.134. The van der Waals surface area contributed by atoms with Crippen molar-refractivity contribution in [2.75, 3.05) is 0 Å². The van der Waals surface area contributed by atoms with Gasteiger partial charge in [-0.25, -0.2) is 0 Å². The van der Waals surface area contributed by atoms with Crippen molar-refractivity contribution in [3.63, 3.8) is 0 Å². The zero-order valence-corrected chi connectivity index (χ0v) is 7.03. The highest BCUT2D eigenvalue weighted by Crippen LogP contribution is 2.17. The normalized spacial score (nSPS) is 22.3. The highest BCUT2D eigenvalue weighted by atomic mass is 16.3. The van der Waals surface area contributed by atoms with Crippen LogP contribution in [-0.4, -0.2) is 15.7 Å². The lowest BCUT2D eigenvalue weighted by atomic mass is 10.1. The summed E-state index contributed by atoms with van der Waals surface area (Å²) in [6.07, 6.45) is 4.01. The van der Waals surface area contributed by atoms with E-state index in [1.807, 2.05) is 12.3 Å². The molecule has 0 saturated carbocycles. The summed E-state index contributed by atoms with van der Waals surface area (Å²) in [6, 6.07) is 2.35. The maximum Gasteiger partial charge on any atom is 0.0696 e. The molecule has 0 spiro atoms. The number of nitrogens with zero attached hydrogens (tertiary/aromatic N) is 1. The van der Waals surface area contributed by atoms with E-state index in [1.165, 1.54) is 5.69 Å². The van der Waals surface area contributed by atoms with Crippen LogP contribution in [0.2, 0.25) is 0 Å². The Morgan fingerprint density at radius 2 is 2.50 bits per heavy atom. The Balaban J connectivity index is 2.28. The van der Waals surface area contributed by atoms with Crippen LogP contribution in [0.1, 0.15) is 17.7 Å². The Kier molecular flexibility index (Phi) is 1.90. The number of aliphatic hydroxyl groups excluding tert-OH is 1. The molecule has 0 radical (unpaired) electrons.